The maximum atomic E-state index is 13.1. The molecule has 0 saturated heterocycles. The third-order valence-electron chi connectivity index (χ3n) is 4.69. The lowest BCUT2D eigenvalue weighted by atomic mass is 10.2. The van der Waals surface area contributed by atoms with Crippen LogP contribution in [0, 0.1) is 0 Å². The van der Waals surface area contributed by atoms with Crippen molar-refractivity contribution in [2.45, 2.75) is 19.5 Å². The molecule has 0 saturated carbocycles. The van der Waals surface area contributed by atoms with E-state index in [9.17, 15) is 9.59 Å². The number of nitrogens with one attached hydrogen (secondary N) is 1. The monoisotopic (exact) mass is 408 g/mol. The van der Waals surface area contributed by atoms with Gasteiger partial charge in [-0.3, -0.25) is 9.08 Å². The number of hydrogen-bond acceptors (Lipinski definition) is 5. The second-order valence-electron chi connectivity index (χ2n) is 6.74. The number of nitrogens with zero attached hydrogens (tertiary/aromatic N) is 5. The van der Waals surface area contributed by atoms with E-state index in [4.69, 9.17) is 9.84 Å². The van der Waals surface area contributed by atoms with Crippen molar-refractivity contribution in [1.29, 1.82) is 0 Å². The van der Waals surface area contributed by atoms with Crippen molar-refractivity contribution in [2.24, 2.45) is 0 Å². The summed E-state index contributed by atoms with van der Waals surface area (Å²) in [5.41, 5.74) is 1.59. The Kier molecular flexibility index (Phi) is 4.97. The van der Waals surface area contributed by atoms with Gasteiger partial charge in [0.05, 0.1) is 31.6 Å². The number of methoxy groups -OCH3 is 1. The SMILES string of the molecule is COc1ccc(Cn2cc(-n3c(C(C)NC(=O)O)nc4cccn4c3=O)cn2)cc1. The van der Waals surface area contributed by atoms with Crippen molar-refractivity contribution in [3.8, 4) is 11.4 Å². The molecule has 4 aromatic rings. The summed E-state index contributed by atoms with van der Waals surface area (Å²) in [6, 6.07) is 10.3. The molecule has 1 unspecified atom stereocenters. The topological polar surface area (TPSA) is 116 Å². The summed E-state index contributed by atoms with van der Waals surface area (Å²) in [5.74, 6) is 1.04. The summed E-state index contributed by atoms with van der Waals surface area (Å²) < 4.78 is 9.63. The lowest BCUT2D eigenvalue weighted by molar-refractivity contribution is 0.190. The van der Waals surface area contributed by atoms with Gasteiger partial charge in [0.15, 0.2) is 0 Å². The Balaban J connectivity index is 1.74. The maximum Gasteiger partial charge on any atom is 0.405 e. The van der Waals surface area contributed by atoms with Crippen molar-refractivity contribution in [3.05, 3.63) is 76.9 Å². The average Bonchev–Trinajstić information content (AvgIpc) is 3.37. The van der Waals surface area contributed by atoms with E-state index in [0.717, 1.165) is 11.3 Å². The first-order valence-corrected chi connectivity index (χ1v) is 9.21. The molecular formula is C20H20N6O4. The highest BCUT2D eigenvalue weighted by Gasteiger charge is 2.20. The Labute approximate surface area is 171 Å². The van der Waals surface area contributed by atoms with Crippen molar-refractivity contribution in [2.75, 3.05) is 7.11 Å². The fourth-order valence-electron chi connectivity index (χ4n) is 3.25. The minimum absolute atomic E-state index is 0.276. The Bertz CT molecular complexity index is 1250. The zero-order chi connectivity index (χ0) is 21.3. The summed E-state index contributed by atoms with van der Waals surface area (Å²) in [6.07, 6.45) is 3.69. The van der Waals surface area contributed by atoms with Gasteiger partial charge in [0.2, 0.25) is 0 Å². The number of carboxylic acid groups (broad SMARTS) is 1. The van der Waals surface area contributed by atoms with Crippen LogP contribution in [0.25, 0.3) is 11.3 Å². The van der Waals surface area contributed by atoms with Crippen molar-refractivity contribution in [3.63, 3.8) is 0 Å². The highest BCUT2D eigenvalue weighted by Crippen LogP contribution is 2.16. The van der Waals surface area contributed by atoms with Crippen LogP contribution in [0.4, 0.5) is 4.79 Å². The van der Waals surface area contributed by atoms with Crippen LogP contribution in [0.1, 0.15) is 24.4 Å². The Hall–Kier alpha value is -4.08. The molecule has 30 heavy (non-hydrogen) atoms. The average molecular weight is 408 g/mol. The minimum Gasteiger partial charge on any atom is -0.497 e. The van der Waals surface area contributed by atoms with E-state index in [1.807, 2.05) is 24.3 Å². The molecule has 3 heterocycles. The summed E-state index contributed by atoms with van der Waals surface area (Å²) in [5, 5.41) is 15.8. The third kappa shape index (κ3) is 3.62. The first-order valence-electron chi connectivity index (χ1n) is 9.21. The van der Waals surface area contributed by atoms with Gasteiger partial charge in [0.1, 0.15) is 17.2 Å². The van der Waals surface area contributed by atoms with Crippen molar-refractivity contribution < 1.29 is 14.6 Å². The fourth-order valence-corrected chi connectivity index (χ4v) is 3.25. The third-order valence-corrected chi connectivity index (χ3v) is 4.69. The van der Waals surface area contributed by atoms with Gasteiger partial charge in [0, 0.05) is 12.4 Å². The highest BCUT2D eigenvalue weighted by molar-refractivity contribution is 5.65. The first-order chi connectivity index (χ1) is 14.5. The summed E-state index contributed by atoms with van der Waals surface area (Å²) >= 11 is 0. The zero-order valence-electron chi connectivity index (χ0n) is 16.4. The maximum absolute atomic E-state index is 13.1. The number of aromatic nitrogens is 5. The second-order valence-corrected chi connectivity index (χ2v) is 6.74. The molecule has 0 bridgehead atoms. The van der Waals surface area contributed by atoms with Gasteiger partial charge in [-0.1, -0.05) is 12.1 Å². The number of hydrogen-bond donors (Lipinski definition) is 2. The van der Waals surface area contributed by atoms with Gasteiger partial charge in [-0.05, 0) is 36.8 Å². The molecular weight excluding hydrogens is 388 g/mol. The predicted molar refractivity (Wildman–Crippen MR) is 108 cm³/mol. The normalized spacial score (nSPS) is 12.1. The molecule has 0 fully saturated rings. The molecule has 0 aliphatic rings. The number of benzene rings is 1. The highest BCUT2D eigenvalue weighted by atomic mass is 16.5. The van der Waals surface area contributed by atoms with E-state index in [1.54, 1.807) is 49.4 Å². The number of rotatable bonds is 6. The molecule has 3 aromatic heterocycles. The van der Waals surface area contributed by atoms with Gasteiger partial charge < -0.3 is 15.2 Å². The largest absolute Gasteiger partial charge is 0.497 e. The van der Waals surface area contributed by atoms with Gasteiger partial charge in [0.25, 0.3) is 0 Å². The molecule has 10 heteroatoms. The summed E-state index contributed by atoms with van der Waals surface area (Å²) in [6.45, 7) is 2.13. The number of carbonyl (C=O) groups is 1. The van der Waals surface area contributed by atoms with E-state index in [0.29, 0.717) is 17.9 Å². The fraction of sp³-hybridized carbons (Fsp3) is 0.200. The molecule has 4 rings (SSSR count). The van der Waals surface area contributed by atoms with Crippen LogP contribution in [-0.4, -0.2) is 42.0 Å². The van der Waals surface area contributed by atoms with Crippen molar-refractivity contribution in [1.82, 2.24) is 29.0 Å². The lowest BCUT2D eigenvalue weighted by Gasteiger charge is -2.16. The second kappa shape index (κ2) is 7.74. The lowest BCUT2D eigenvalue weighted by Crippen LogP contribution is -2.34. The minimum atomic E-state index is -1.20. The van der Waals surface area contributed by atoms with Crippen LogP contribution in [-0.2, 0) is 6.54 Å². The van der Waals surface area contributed by atoms with E-state index < -0.39 is 12.1 Å². The summed E-state index contributed by atoms with van der Waals surface area (Å²) in [7, 11) is 1.61. The van der Waals surface area contributed by atoms with E-state index in [-0.39, 0.29) is 11.5 Å². The molecule has 1 aromatic carbocycles. The summed E-state index contributed by atoms with van der Waals surface area (Å²) in [4.78, 5) is 28.7. The molecule has 0 spiro atoms. The van der Waals surface area contributed by atoms with Crippen molar-refractivity contribution >= 4 is 11.7 Å². The zero-order valence-corrected chi connectivity index (χ0v) is 16.4. The molecule has 0 aliphatic heterocycles. The first kappa shape index (κ1) is 19.2. The predicted octanol–water partition coefficient (Wildman–Crippen LogP) is 2.07. The Morgan fingerprint density at radius 3 is 2.73 bits per heavy atom. The van der Waals surface area contributed by atoms with Crippen LogP contribution in [0.2, 0.25) is 0 Å². The molecule has 0 radical (unpaired) electrons. The quantitative estimate of drug-likeness (QED) is 0.505. The molecule has 10 nitrogen and oxygen atoms in total. The Morgan fingerprint density at radius 1 is 1.27 bits per heavy atom. The van der Waals surface area contributed by atoms with E-state index in [1.165, 1.54) is 8.97 Å². The molecule has 0 aliphatic carbocycles. The molecule has 1 amide bonds. The Morgan fingerprint density at radius 2 is 2.03 bits per heavy atom. The van der Waals surface area contributed by atoms with Gasteiger partial charge in [-0.15, -0.1) is 0 Å². The van der Waals surface area contributed by atoms with E-state index in [2.05, 4.69) is 15.4 Å². The number of ether oxygens (including phenoxy) is 1. The number of fused-ring (bicyclic) bond motifs is 1. The van der Waals surface area contributed by atoms with Gasteiger partial charge in [-0.25, -0.2) is 19.1 Å². The molecule has 154 valence electrons. The van der Waals surface area contributed by atoms with Crippen LogP contribution in [0.15, 0.2) is 59.8 Å². The van der Waals surface area contributed by atoms with E-state index >= 15 is 0 Å². The van der Waals surface area contributed by atoms with Gasteiger partial charge >= 0.3 is 11.8 Å². The van der Waals surface area contributed by atoms with Crippen LogP contribution < -0.4 is 15.7 Å². The molecule has 1 atom stereocenters. The standard InChI is InChI=1S/C20H20N6O4/c1-13(22-19(27)28)18-23-17-4-3-9-25(17)20(29)26(18)15-10-21-24(12-15)11-14-5-7-16(30-2)8-6-14/h3-10,12-13,22H,11H2,1-2H3,(H,27,28). The van der Waals surface area contributed by atoms with Crippen LogP contribution in [0.3, 0.4) is 0 Å². The van der Waals surface area contributed by atoms with Gasteiger partial charge in [-0.2, -0.15) is 5.10 Å². The van der Waals surface area contributed by atoms with Crippen LogP contribution >= 0.6 is 0 Å². The smallest absolute Gasteiger partial charge is 0.405 e. The number of amides is 1. The van der Waals surface area contributed by atoms with Crippen LogP contribution in [0.5, 0.6) is 5.75 Å². The molecule has 2 N–H and O–H groups in total.